The molecule has 2 aromatic carbocycles. The van der Waals surface area contributed by atoms with Gasteiger partial charge in [-0.1, -0.05) is 12.1 Å². The summed E-state index contributed by atoms with van der Waals surface area (Å²) in [6.45, 7) is 7.64. The standard InChI is InChI=1S/C21H25F2N3O/c1-15-4-3-5-20(16(15)2)25-10-12-26(13-11-25)21(27)8-9-24-17-6-7-18(22)19(23)14-17/h3-7,14,24H,8-13H2,1-2H3. The van der Waals surface area contributed by atoms with Crippen LogP contribution in [0.3, 0.4) is 0 Å². The zero-order valence-electron chi connectivity index (χ0n) is 15.8. The first-order chi connectivity index (χ1) is 13.0. The zero-order chi connectivity index (χ0) is 19.4. The largest absolute Gasteiger partial charge is 0.384 e. The average Bonchev–Trinajstić information content (AvgIpc) is 2.67. The molecule has 6 heteroatoms. The van der Waals surface area contributed by atoms with E-state index in [1.807, 2.05) is 4.90 Å². The first kappa shape index (κ1) is 19.1. The molecular formula is C21H25F2N3O. The maximum absolute atomic E-state index is 13.2. The Morgan fingerprint density at radius 3 is 2.48 bits per heavy atom. The number of nitrogens with zero attached hydrogens (tertiary/aromatic N) is 2. The number of carbonyl (C=O) groups is 1. The molecule has 1 aliphatic rings. The third-order valence-electron chi connectivity index (χ3n) is 5.14. The minimum Gasteiger partial charge on any atom is -0.384 e. The number of hydrogen-bond donors (Lipinski definition) is 1. The van der Waals surface area contributed by atoms with E-state index in [1.165, 1.54) is 22.9 Å². The van der Waals surface area contributed by atoms with Crippen molar-refractivity contribution >= 4 is 17.3 Å². The number of hydrogen-bond acceptors (Lipinski definition) is 3. The normalized spacial score (nSPS) is 14.4. The Hall–Kier alpha value is -2.63. The summed E-state index contributed by atoms with van der Waals surface area (Å²) in [5.74, 6) is -1.70. The molecular weight excluding hydrogens is 348 g/mol. The summed E-state index contributed by atoms with van der Waals surface area (Å²) >= 11 is 0. The molecule has 0 bridgehead atoms. The monoisotopic (exact) mass is 373 g/mol. The van der Waals surface area contributed by atoms with Crippen molar-refractivity contribution in [2.75, 3.05) is 42.9 Å². The molecule has 0 unspecified atom stereocenters. The van der Waals surface area contributed by atoms with Gasteiger partial charge in [0.2, 0.25) is 5.91 Å². The summed E-state index contributed by atoms with van der Waals surface area (Å²) in [6, 6.07) is 9.95. The van der Waals surface area contributed by atoms with E-state index in [1.54, 1.807) is 0 Å². The van der Waals surface area contributed by atoms with Gasteiger partial charge in [0.25, 0.3) is 0 Å². The van der Waals surface area contributed by atoms with Gasteiger partial charge in [-0.25, -0.2) is 8.78 Å². The fourth-order valence-corrected chi connectivity index (χ4v) is 3.35. The SMILES string of the molecule is Cc1cccc(N2CCN(C(=O)CCNc3ccc(F)c(F)c3)CC2)c1C. The van der Waals surface area contributed by atoms with Gasteiger partial charge in [-0.05, 0) is 49.2 Å². The van der Waals surface area contributed by atoms with Crippen LogP contribution < -0.4 is 10.2 Å². The molecule has 1 amide bonds. The van der Waals surface area contributed by atoms with Crippen LogP contribution in [0.25, 0.3) is 0 Å². The van der Waals surface area contributed by atoms with Crippen molar-refractivity contribution in [2.45, 2.75) is 20.3 Å². The van der Waals surface area contributed by atoms with Crippen molar-refractivity contribution in [2.24, 2.45) is 0 Å². The number of amides is 1. The highest BCUT2D eigenvalue weighted by Crippen LogP contribution is 2.24. The molecule has 1 aliphatic heterocycles. The maximum Gasteiger partial charge on any atom is 0.224 e. The lowest BCUT2D eigenvalue weighted by atomic mass is 10.1. The molecule has 0 aliphatic carbocycles. The van der Waals surface area contributed by atoms with Crippen LogP contribution in [0.2, 0.25) is 0 Å². The molecule has 0 atom stereocenters. The van der Waals surface area contributed by atoms with Gasteiger partial charge in [0.1, 0.15) is 0 Å². The number of nitrogens with one attached hydrogen (secondary N) is 1. The van der Waals surface area contributed by atoms with Gasteiger partial charge in [-0.15, -0.1) is 0 Å². The van der Waals surface area contributed by atoms with Crippen LogP contribution in [0, 0.1) is 25.5 Å². The Morgan fingerprint density at radius 2 is 1.78 bits per heavy atom. The van der Waals surface area contributed by atoms with Crippen LogP contribution in [0.4, 0.5) is 20.2 Å². The second-order valence-electron chi connectivity index (χ2n) is 6.89. The van der Waals surface area contributed by atoms with Crippen molar-refractivity contribution in [1.82, 2.24) is 4.90 Å². The molecule has 3 rings (SSSR count). The number of benzene rings is 2. The van der Waals surface area contributed by atoms with Gasteiger partial charge in [0.15, 0.2) is 11.6 Å². The molecule has 0 spiro atoms. The fourth-order valence-electron chi connectivity index (χ4n) is 3.35. The lowest BCUT2D eigenvalue weighted by Crippen LogP contribution is -2.49. The van der Waals surface area contributed by atoms with E-state index < -0.39 is 11.6 Å². The van der Waals surface area contributed by atoms with Gasteiger partial charge < -0.3 is 15.1 Å². The predicted octanol–water partition coefficient (Wildman–Crippen LogP) is 3.73. The Bertz CT molecular complexity index is 817. The van der Waals surface area contributed by atoms with E-state index in [2.05, 4.69) is 42.3 Å². The quantitative estimate of drug-likeness (QED) is 0.867. The summed E-state index contributed by atoms with van der Waals surface area (Å²) in [6.07, 6.45) is 0.322. The predicted molar refractivity (Wildman–Crippen MR) is 104 cm³/mol. The molecule has 1 N–H and O–H groups in total. The van der Waals surface area contributed by atoms with E-state index in [0.29, 0.717) is 31.7 Å². The molecule has 4 nitrogen and oxygen atoms in total. The molecule has 0 aromatic heterocycles. The highest BCUT2D eigenvalue weighted by Gasteiger charge is 2.22. The minimum atomic E-state index is -0.895. The smallest absolute Gasteiger partial charge is 0.224 e. The topological polar surface area (TPSA) is 35.6 Å². The zero-order valence-corrected chi connectivity index (χ0v) is 15.8. The second kappa shape index (κ2) is 8.37. The van der Waals surface area contributed by atoms with E-state index in [0.717, 1.165) is 25.2 Å². The number of halogens is 2. The number of rotatable bonds is 5. The molecule has 2 aromatic rings. The molecule has 1 fully saturated rings. The Balaban J connectivity index is 1.47. The Kier molecular flexibility index (Phi) is 5.94. The van der Waals surface area contributed by atoms with Crippen molar-refractivity contribution in [3.8, 4) is 0 Å². The Labute approximate surface area is 158 Å². The van der Waals surface area contributed by atoms with E-state index in [4.69, 9.17) is 0 Å². The van der Waals surface area contributed by atoms with Crippen LogP contribution in [0.1, 0.15) is 17.5 Å². The van der Waals surface area contributed by atoms with Crippen LogP contribution in [0.5, 0.6) is 0 Å². The van der Waals surface area contributed by atoms with Crippen molar-refractivity contribution in [1.29, 1.82) is 0 Å². The van der Waals surface area contributed by atoms with Gasteiger partial charge in [0, 0.05) is 50.5 Å². The van der Waals surface area contributed by atoms with Crippen molar-refractivity contribution in [3.05, 3.63) is 59.2 Å². The summed E-state index contributed by atoms with van der Waals surface area (Å²) in [5, 5.41) is 2.97. The highest BCUT2D eigenvalue weighted by atomic mass is 19.2. The number of aryl methyl sites for hydroxylation is 1. The van der Waals surface area contributed by atoms with Crippen LogP contribution >= 0.6 is 0 Å². The molecule has 0 saturated carbocycles. The maximum atomic E-state index is 13.2. The van der Waals surface area contributed by atoms with E-state index >= 15 is 0 Å². The molecule has 27 heavy (non-hydrogen) atoms. The minimum absolute atomic E-state index is 0.0747. The summed E-state index contributed by atoms with van der Waals surface area (Å²) in [5.41, 5.74) is 4.27. The van der Waals surface area contributed by atoms with Gasteiger partial charge in [-0.2, -0.15) is 0 Å². The first-order valence-corrected chi connectivity index (χ1v) is 9.23. The summed E-state index contributed by atoms with van der Waals surface area (Å²) < 4.78 is 26.1. The number of carbonyl (C=O) groups excluding carboxylic acids is 1. The molecule has 0 radical (unpaired) electrons. The third kappa shape index (κ3) is 4.56. The lowest BCUT2D eigenvalue weighted by Gasteiger charge is -2.37. The number of piperazine rings is 1. The van der Waals surface area contributed by atoms with Gasteiger partial charge >= 0.3 is 0 Å². The highest BCUT2D eigenvalue weighted by molar-refractivity contribution is 5.77. The molecule has 1 saturated heterocycles. The Morgan fingerprint density at radius 1 is 1.04 bits per heavy atom. The summed E-state index contributed by atoms with van der Waals surface area (Å²) in [4.78, 5) is 16.6. The molecule has 144 valence electrons. The van der Waals surface area contributed by atoms with Crippen LogP contribution in [0.15, 0.2) is 36.4 Å². The summed E-state index contributed by atoms with van der Waals surface area (Å²) in [7, 11) is 0. The first-order valence-electron chi connectivity index (χ1n) is 9.23. The molecule has 1 heterocycles. The fraction of sp³-hybridized carbons (Fsp3) is 0.381. The second-order valence-corrected chi connectivity index (χ2v) is 6.89. The van der Waals surface area contributed by atoms with Crippen LogP contribution in [-0.4, -0.2) is 43.5 Å². The van der Waals surface area contributed by atoms with Crippen molar-refractivity contribution < 1.29 is 13.6 Å². The average molecular weight is 373 g/mol. The van der Waals surface area contributed by atoms with E-state index in [-0.39, 0.29) is 5.91 Å². The lowest BCUT2D eigenvalue weighted by molar-refractivity contribution is -0.131. The number of anilines is 2. The van der Waals surface area contributed by atoms with E-state index in [9.17, 15) is 13.6 Å². The third-order valence-corrected chi connectivity index (χ3v) is 5.14. The van der Waals surface area contributed by atoms with Crippen LogP contribution in [-0.2, 0) is 4.79 Å². The van der Waals surface area contributed by atoms with Crippen molar-refractivity contribution in [3.63, 3.8) is 0 Å². The van der Waals surface area contributed by atoms with Gasteiger partial charge in [-0.3, -0.25) is 4.79 Å². The van der Waals surface area contributed by atoms with Gasteiger partial charge in [0.05, 0.1) is 0 Å².